The maximum Gasteiger partial charge on any atom is 0.328 e. The van der Waals surface area contributed by atoms with Crippen molar-refractivity contribution in [1.82, 2.24) is 0 Å². The molecular formula is C14H15FO3. The third-order valence-corrected chi connectivity index (χ3v) is 2.94. The van der Waals surface area contributed by atoms with Gasteiger partial charge in [-0.1, -0.05) is 0 Å². The Hall–Kier alpha value is -1.68. The van der Waals surface area contributed by atoms with Crippen LogP contribution in [0.3, 0.4) is 0 Å². The van der Waals surface area contributed by atoms with Crippen molar-refractivity contribution >= 4 is 12.0 Å². The Morgan fingerprint density at radius 3 is 2.83 bits per heavy atom. The highest BCUT2D eigenvalue weighted by Gasteiger charge is 2.17. The Kier molecular flexibility index (Phi) is 4.10. The predicted octanol–water partition coefficient (Wildman–Crippen LogP) is 2.99. The first kappa shape index (κ1) is 12.8. The number of carbonyl (C=O) groups is 1. The zero-order valence-corrected chi connectivity index (χ0v) is 9.93. The summed E-state index contributed by atoms with van der Waals surface area (Å²) in [6.45, 7) is 0.371. The van der Waals surface area contributed by atoms with Gasteiger partial charge in [0.1, 0.15) is 5.82 Å². The Labute approximate surface area is 105 Å². The lowest BCUT2D eigenvalue weighted by atomic mass is 9.96. The van der Waals surface area contributed by atoms with Crippen molar-refractivity contribution in [2.24, 2.45) is 0 Å². The molecular weight excluding hydrogens is 235 g/mol. The molecule has 0 radical (unpaired) electrons. The molecule has 0 aliphatic heterocycles. The highest BCUT2D eigenvalue weighted by Crippen LogP contribution is 2.23. The molecule has 0 spiro atoms. The van der Waals surface area contributed by atoms with E-state index in [0.29, 0.717) is 18.3 Å². The highest BCUT2D eigenvalue weighted by molar-refractivity contribution is 5.85. The van der Waals surface area contributed by atoms with E-state index in [2.05, 4.69) is 0 Å². The number of carboxylic acids is 1. The van der Waals surface area contributed by atoms with Gasteiger partial charge in [-0.05, 0) is 54.7 Å². The van der Waals surface area contributed by atoms with Gasteiger partial charge >= 0.3 is 5.97 Å². The lowest BCUT2D eigenvalue weighted by molar-refractivity contribution is -0.131. The topological polar surface area (TPSA) is 46.5 Å². The smallest absolute Gasteiger partial charge is 0.328 e. The van der Waals surface area contributed by atoms with E-state index in [1.54, 1.807) is 6.07 Å². The summed E-state index contributed by atoms with van der Waals surface area (Å²) in [6, 6.07) is 4.45. The maximum absolute atomic E-state index is 13.3. The quantitative estimate of drug-likeness (QED) is 0.817. The molecule has 0 bridgehead atoms. The minimum Gasteiger partial charge on any atom is -0.478 e. The fourth-order valence-corrected chi connectivity index (χ4v) is 1.77. The summed E-state index contributed by atoms with van der Waals surface area (Å²) in [5.74, 6) is -1.43. The standard InChI is InChI=1S/C14H15FO3/c15-12-7-10(4-5-14(16)17)6-11(8-12)9-18-13-2-1-3-13/h4-8,13H,1-3,9H2,(H,16,17). The number of hydrogen-bond donors (Lipinski definition) is 1. The third kappa shape index (κ3) is 3.67. The van der Waals surface area contributed by atoms with Gasteiger partial charge in [-0.25, -0.2) is 9.18 Å². The molecule has 1 fully saturated rings. The van der Waals surface area contributed by atoms with Crippen molar-refractivity contribution in [2.45, 2.75) is 32.0 Å². The summed E-state index contributed by atoms with van der Waals surface area (Å²) in [4.78, 5) is 10.4. The molecule has 0 atom stereocenters. The second-order valence-corrected chi connectivity index (χ2v) is 4.43. The Bertz CT molecular complexity index is 464. The monoisotopic (exact) mass is 250 g/mol. The van der Waals surface area contributed by atoms with E-state index in [1.807, 2.05) is 0 Å². The van der Waals surface area contributed by atoms with E-state index in [-0.39, 0.29) is 5.82 Å². The molecule has 0 aromatic heterocycles. The first-order valence-electron chi connectivity index (χ1n) is 5.95. The third-order valence-electron chi connectivity index (χ3n) is 2.94. The molecule has 0 heterocycles. The van der Waals surface area contributed by atoms with Gasteiger partial charge in [-0.15, -0.1) is 0 Å². The normalized spacial score (nSPS) is 15.8. The van der Waals surface area contributed by atoms with Crippen molar-refractivity contribution in [3.8, 4) is 0 Å². The number of halogens is 1. The molecule has 1 saturated carbocycles. The fraction of sp³-hybridized carbons (Fsp3) is 0.357. The van der Waals surface area contributed by atoms with Crippen LogP contribution >= 0.6 is 0 Å². The van der Waals surface area contributed by atoms with Gasteiger partial charge in [0.25, 0.3) is 0 Å². The fourth-order valence-electron chi connectivity index (χ4n) is 1.77. The molecule has 0 unspecified atom stereocenters. The van der Waals surface area contributed by atoms with Gasteiger partial charge in [0.05, 0.1) is 12.7 Å². The van der Waals surface area contributed by atoms with Crippen LogP contribution in [0.25, 0.3) is 6.08 Å². The van der Waals surface area contributed by atoms with Crippen molar-refractivity contribution in [2.75, 3.05) is 0 Å². The molecule has 1 aliphatic rings. The van der Waals surface area contributed by atoms with E-state index in [1.165, 1.54) is 24.6 Å². The number of benzene rings is 1. The van der Waals surface area contributed by atoms with Crippen molar-refractivity contribution in [1.29, 1.82) is 0 Å². The molecule has 2 rings (SSSR count). The molecule has 96 valence electrons. The Morgan fingerprint density at radius 2 is 2.22 bits per heavy atom. The number of carboxylic acid groups (broad SMARTS) is 1. The summed E-state index contributed by atoms with van der Waals surface area (Å²) >= 11 is 0. The molecule has 3 nitrogen and oxygen atoms in total. The van der Waals surface area contributed by atoms with E-state index >= 15 is 0 Å². The van der Waals surface area contributed by atoms with Gasteiger partial charge < -0.3 is 9.84 Å². The second-order valence-electron chi connectivity index (χ2n) is 4.43. The lowest BCUT2D eigenvalue weighted by Crippen LogP contribution is -2.21. The minimum absolute atomic E-state index is 0.297. The summed E-state index contributed by atoms with van der Waals surface area (Å²) in [5, 5.41) is 8.52. The predicted molar refractivity (Wildman–Crippen MR) is 65.5 cm³/mol. The molecule has 0 amide bonds. The number of rotatable bonds is 5. The van der Waals surface area contributed by atoms with Crippen LogP contribution in [-0.2, 0) is 16.1 Å². The molecule has 4 heteroatoms. The van der Waals surface area contributed by atoms with Gasteiger partial charge in [-0.2, -0.15) is 0 Å². The van der Waals surface area contributed by atoms with Crippen LogP contribution in [-0.4, -0.2) is 17.2 Å². The molecule has 1 aliphatic carbocycles. The maximum atomic E-state index is 13.3. The zero-order valence-electron chi connectivity index (χ0n) is 9.93. The molecule has 18 heavy (non-hydrogen) atoms. The zero-order chi connectivity index (χ0) is 13.0. The van der Waals surface area contributed by atoms with Gasteiger partial charge in [0.2, 0.25) is 0 Å². The van der Waals surface area contributed by atoms with E-state index in [9.17, 15) is 9.18 Å². The van der Waals surface area contributed by atoms with Crippen LogP contribution in [0, 0.1) is 5.82 Å². The van der Waals surface area contributed by atoms with E-state index < -0.39 is 5.97 Å². The molecule has 1 aromatic rings. The van der Waals surface area contributed by atoms with Crippen LogP contribution in [0.5, 0.6) is 0 Å². The average Bonchev–Trinajstić information content (AvgIpc) is 2.23. The van der Waals surface area contributed by atoms with Crippen LogP contribution in [0.4, 0.5) is 4.39 Å². The first-order valence-corrected chi connectivity index (χ1v) is 5.95. The van der Waals surface area contributed by atoms with Crippen LogP contribution in [0.2, 0.25) is 0 Å². The Balaban J connectivity index is 2.02. The minimum atomic E-state index is -1.05. The van der Waals surface area contributed by atoms with Crippen molar-refractivity contribution < 1.29 is 19.0 Å². The summed E-state index contributed by atoms with van der Waals surface area (Å²) in [5.41, 5.74) is 1.26. The second kappa shape index (κ2) is 5.78. The van der Waals surface area contributed by atoms with Crippen LogP contribution in [0.15, 0.2) is 24.3 Å². The van der Waals surface area contributed by atoms with E-state index in [4.69, 9.17) is 9.84 Å². The average molecular weight is 250 g/mol. The molecule has 1 N–H and O–H groups in total. The summed E-state index contributed by atoms with van der Waals surface area (Å²) < 4.78 is 18.9. The highest BCUT2D eigenvalue weighted by atomic mass is 19.1. The summed E-state index contributed by atoms with van der Waals surface area (Å²) in [7, 11) is 0. The molecule has 1 aromatic carbocycles. The van der Waals surface area contributed by atoms with Gasteiger partial charge in [-0.3, -0.25) is 0 Å². The van der Waals surface area contributed by atoms with Crippen molar-refractivity contribution in [3.63, 3.8) is 0 Å². The van der Waals surface area contributed by atoms with Crippen LogP contribution < -0.4 is 0 Å². The lowest BCUT2D eigenvalue weighted by Gasteiger charge is -2.25. The number of aliphatic carboxylic acids is 1. The SMILES string of the molecule is O=C(O)C=Cc1cc(F)cc(COC2CCC2)c1. The van der Waals surface area contributed by atoms with Gasteiger partial charge in [0, 0.05) is 6.08 Å². The van der Waals surface area contributed by atoms with Crippen molar-refractivity contribution in [3.05, 3.63) is 41.2 Å². The number of hydrogen-bond acceptors (Lipinski definition) is 2. The van der Waals surface area contributed by atoms with E-state index in [0.717, 1.165) is 24.5 Å². The molecule has 0 saturated heterocycles. The first-order chi connectivity index (χ1) is 8.63. The Morgan fingerprint density at radius 1 is 1.44 bits per heavy atom. The summed E-state index contributed by atoms with van der Waals surface area (Å²) in [6.07, 6.45) is 6.00. The number of ether oxygens (including phenoxy) is 1. The van der Waals surface area contributed by atoms with Crippen LogP contribution in [0.1, 0.15) is 30.4 Å². The largest absolute Gasteiger partial charge is 0.478 e. The van der Waals surface area contributed by atoms with Gasteiger partial charge in [0.15, 0.2) is 0 Å².